The van der Waals surface area contributed by atoms with E-state index in [0.717, 1.165) is 34.6 Å². The molecular formula is C8H16Cl6Sn2. The maximum atomic E-state index is 5.85. The number of unbranched alkanes of at least 4 members (excludes halogenated alkanes) is 5. The van der Waals surface area contributed by atoms with Gasteiger partial charge in [-0.15, -0.1) is 0 Å². The van der Waals surface area contributed by atoms with Gasteiger partial charge in [-0.2, -0.15) is 0 Å². The summed E-state index contributed by atoms with van der Waals surface area (Å²) in [5.74, 6) is 0. The first-order valence-corrected chi connectivity index (χ1v) is 31.1. The number of hydrogen-bond donors (Lipinski definition) is 0. The van der Waals surface area contributed by atoms with E-state index in [-0.39, 0.29) is 0 Å². The quantitative estimate of drug-likeness (QED) is 0.219. The molecule has 0 saturated heterocycles. The van der Waals surface area contributed by atoms with Crippen molar-refractivity contribution < 1.29 is 0 Å². The van der Waals surface area contributed by atoms with E-state index < -0.39 is 30.0 Å². The molecule has 0 aromatic carbocycles. The Kier molecular flexibility index (Phi) is 12.2. The third-order valence-corrected chi connectivity index (χ3v) is 15.0. The predicted octanol–water partition coefficient (Wildman–Crippen LogP) is 6.64. The molecule has 0 rings (SSSR count). The molecule has 8 heteroatoms. The molecule has 0 saturated carbocycles. The van der Waals surface area contributed by atoms with Gasteiger partial charge in [0.2, 0.25) is 0 Å². The minimum atomic E-state index is -3.05. The van der Waals surface area contributed by atoms with Crippen LogP contribution in [0.5, 0.6) is 0 Å². The Morgan fingerprint density at radius 3 is 0.938 bits per heavy atom. The number of halogens is 6. The summed E-state index contributed by atoms with van der Waals surface area (Å²) in [6, 6.07) is 0. The second kappa shape index (κ2) is 10.1. The van der Waals surface area contributed by atoms with Gasteiger partial charge >= 0.3 is 131 Å². The maximum absolute atomic E-state index is 5.85. The minimum absolute atomic E-state index is 0.837. The van der Waals surface area contributed by atoms with Crippen LogP contribution in [0.25, 0.3) is 0 Å². The molecule has 0 aromatic heterocycles. The molecule has 16 heavy (non-hydrogen) atoms. The summed E-state index contributed by atoms with van der Waals surface area (Å²) < 4.78 is 1.67. The van der Waals surface area contributed by atoms with Gasteiger partial charge in [0.25, 0.3) is 0 Å². The van der Waals surface area contributed by atoms with Gasteiger partial charge in [-0.1, -0.05) is 0 Å². The molecule has 0 heterocycles. The van der Waals surface area contributed by atoms with Crippen LogP contribution in [-0.4, -0.2) is 30.0 Å². The first-order chi connectivity index (χ1) is 7.21. The van der Waals surface area contributed by atoms with Crippen LogP contribution in [0.1, 0.15) is 38.5 Å². The molecular weight excluding hydrogens is 546 g/mol. The van der Waals surface area contributed by atoms with Crippen molar-refractivity contribution in [1.82, 2.24) is 0 Å². The summed E-state index contributed by atoms with van der Waals surface area (Å²) in [4.78, 5) is 0. The fourth-order valence-electron chi connectivity index (χ4n) is 1.36. The molecule has 0 amide bonds. The van der Waals surface area contributed by atoms with Crippen LogP contribution in [0, 0.1) is 0 Å². The van der Waals surface area contributed by atoms with Crippen molar-refractivity contribution in [2.75, 3.05) is 0 Å². The second-order valence-electron chi connectivity index (χ2n) is 3.85. The molecule has 0 fully saturated rings. The normalized spacial score (nSPS) is 13.1. The Morgan fingerprint density at radius 1 is 0.438 bits per heavy atom. The van der Waals surface area contributed by atoms with Crippen molar-refractivity contribution in [2.24, 2.45) is 0 Å². The van der Waals surface area contributed by atoms with E-state index in [2.05, 4.69) is 0 Å². The Bertz CT molecular complexity index is 156. The molecule has 0 spiro atoms. The van der Waals surface area contributed by atoms with E-state index in [4.69, 9.17) is 53.5 Å². The summed E-state index contributed by atoms with van der Waals surface area (Å²) in [6.07, 6.45) is 6.81. The number of hydrogen-bond acceptors (Lipinski definition) is 0. The van der Waals surface area contributed by atoms with Crippen LogP contribution in [0.3, 0.4) is 0 Å². The molecule has 0 atom stereocenters. The van der Waals surface area contributed by atoms with E-state index in [1.165, 1.54) is 12.8 Å². The van der Waals surface area contributed by atoms with Gasteiger partial charge in [0.05, 0.1) is 0 Å². The number of rotatable bonds is 9. The zero-order valence-electron chi connectivity index (χ0n) is 8.92. The average molecular weight is 562 g/mol. The Hall–Kier alpha value is 3.34. The van der Waals surface area contributed by atoms with Crippen molar-refractivity contribution in [3.8, 4) is 0 Å². The second-order valence-corrected chi connectivity index (χ2v) is 47.5. The van der Waals surface area contributed by atoms with E-state index in [1.54, 1.807) is 0 Å². The van der Waals surface area contributed by atoms with Gasteiger partial charge in [0.15, 0.2) is 0 Å². The molecule has 0 unspecified atom stereocenters. The topological polar surface area (TPSA) is 0 Å². The van der Waals surface area contributed by atoms with Crippen LogP contribution in [0.15, 0.2) is 0 Å². The fraction of sp³-hybridized carbons (Fsp3) is 1.00. The van der Waals surface area contributed by atoms with Gasteiger partial charge in [0, 0.05) is 0 Å². The molecule has 0 aliphatic rings. The van der Waals surface area contributed by atoms with Crippen LogP contribution >= 0.6 is 53.5 Å². The van der Waals surface area contributed by atoms with Gasteiger partial charge in [-0.05, 0) is 0 Å². The first-order valence-electron chi connectivity index (χ1n) is 5.34. The van der Waals surface area contributed by atoms with Crippen LogP contribution < -0.4 is 0 Å². The summed E-state index contributed by atoms with van der Waals surface area (Å²) in [6.45, 7) is 0. The van der Waals surface area contributed by atoms with Crippen LogP contribution in [0.2, 0.25) is 8.87 Å². The van der Waals surface area contributed by atoms with E-state index in [1.807, 2.05) is 0 Å². The predicted molar refractivity (Wildman–Crippen MR) is 83.9 cm³/mol. The summed E-state index contributed by atoms with van der Waals surface area (Å²) in [5.41, 5.74) is 0. The van der Waals surface area contributed by atoms with Crippen molar-refractivity contribution in [1.29, 1.82) is 0 Å². The average Bonchev–Trinajstić information content (AvgIpc) is 2.06. The molecule has 0 aromatic rings. The molecule has 0 aliphatic heterocycles. The van der Waals surface area contributed by atoms with E-state index >= 15 is 0 Å². The van der Waals surface area contributed by atoms with E-state index in [9.17, 15) is 0 Å². The zero-order valence-corrected chi connectivity index (χ0v) is 19.2. The Balaban J connectivity index is 3.17. The third-order valence-electron chi connectivity index (χ3n) is 2.17. The Morgan fingerprint density at radius 2 is 0.688 bits per heavy atom. The zero-order chi connectivity index (χ0) is 12.7. The third kappa shape index (κ3) is 17.3. The molecule has 0 bridgehead atoms. The Labute approximate surface area is 129 Å². The molecule has 0 N–H and O–H groups in total. The SMILES string of the molecule is [Cl][Sn]([Cl])([Cl])[CH2]CCCCCC[CH2][Sn]([Cl])([Cl])[Cl]. The summed E-state index contributed by atoms with van der Waals surface area (Å²) in [7, 11) is 35.1. The molecule has 98 valence electrons. The fourth-order valence-corrected chi connectivity index (χ4v) is 10.5. The van der Waals surface area contributed by atoms with Gasteiger partial charge < -0.3 is 0 Å². The van der Waals surface area contributed by atoms with Crippen molar-refractivity contribution in [2.45, 2.75) is 47.4 Å². The van der Waals surface area contributed by atoms with Crippen molar-refractivity contribution in [3.63, 3.8) is 0 Å². The standard InChI is InChI=1S/C8H16.6ClH.2Sn/c1-3-5-7-8-6-4-2;;;;;;;;/h1-8H2;6*1H;;/q;;;;;;;2*+3/p-6. The van der Waals surface area contributed by atoms with Gasteiger partial charge in [-0.3, -0.25) is 0 Å². The molecule has 0 radical (unpaired) electrons. The van der Waals surface area contributed by atoms with Gasteiger partial charge in [-0.25, -0.2) is 0 Å². The monoisotopic (exact) mass is 562 g/mol. The van der Waals surface area contributed by atoms with Crippen LogP contribution in [0.4, 0.5) is 0 Å². The van der Waals surface area contributed by atoms with Gasteiger partial charge in [0.1, 0.15) is 0 Å². The van der Waals surface area contributed by atoms with Crippen molar-refractivity contribution >= 4 is 83.5 Å². The van der Waals surface area contributed by atoms with Crippen LogP contribution in [-0.2, 0) is 0 Å². The molecule has 0 nitrogen and oxygen atoms in total. The molecule has 0 aliphatic carbocycles. The van der Waals surface area contributed by atoms with Crippen molar-refractivity contribution in [3.05, 3.63) is 0 Å². The first kappa shape index (κ1) is 19.3. The van der Waals surface area contributed by atoms with E-state index in [0.29, 0.717) is 0 Å². The summed E-state index contributed by atoms with van der Waals surface area (Å²) in [5, 5.41) is 0. The summed E-state index contributed by atoms with van der Waals surface area (Å²) >= 11 is -6.09.